The third-order valence-electron chi connectivity index (χ3n) is 3.75. The van der Waals surface area contributed by atoms with Gasteiger partial charge in [0.1, 0.15) is 6.04 Å². The highest BCUT2D eigenvalue weighted by molar-refractivity contribution is 5.77. The first-order chi connectivity index (χ1) is 7.79. The van der Waals surface area contributed by atoms with Crippen LogP contribution in [0.3, 0.4) is 0 Å². The zero-order valence-electron chi connectivity index (χ0n) is 9.74. The summed E-state index contributed by atoms with van der Waals surface area (Å²) in [7, 11) is 0. The Kier molecular flexibility index (Phi) is 3.82. The van der Waals surface area contributed by atoms with Gasteiger partial charge in [-0.3, -0.25) is 4.79 Å². The minimum absolute atomic E-state index is 0.0830. The fraction of sp³-hybridized carbons (Fsp3) is 0.846. The lowest BCUT2D eigenvalue weighted by atomic mass is 9.84. The molecule has 16 heavy (non-hydrogen) atoms. The molecule has 3 nitrogen and oxygen atoms in total. The maximum absolute atomic E-state index is 11.6. The fourth-order valence-electron chi connectivity index (χ4n) is 2.54. The van der Waals surface area contributed by atoms with Gasteiger partial charge in [0.25, 0.3) is 0 Å². The van der Waals surface area contributed by atoms with Crippen molar-refractivity contribution < 1.29 is 4.79 Å². The van der Waals surface area contributed by atoms with Gasteiger partial charge in [0.2, 0.25) is 5.91 Å². The standard InChI is InChI=1S/C13H20N2O/c14-9-12(11-4-2-1-3-5-11)15-13(16)8-10-6-7-10/h10-12H,1-8H2,(H,15,16). The number of nitrogens with zero attached hydrogens (tertiary/aromatic N) is 1. The summed E-state index contributed by atoms with van der Waals surface area (Å²) in [4.78, 5) is 11.6. The van der Waals surface area contributed by atoms with Crippen molar-refractivity contribution in [3.8, 4) is 6.07 Å². The molecule has 1 atom stereocenters. The van der Waals surface area contributed by atoms with Gasteiger partial charge in [0.05, 0.1) is 6.07 Å². The highest BCUT2D eigenvalue weighted by Gasteiger charge is 2.28. The summed E-state index contributed by atoms with van der Waals surface area (Å²) in [5, 5.41) is 12.0. The largest absolute Gasteiger partial charge is 0.340 e. The summed E-state index contributed by atoms with van der Waals surface area (Å²) < 4.78 is 0. The van der Waals surface area contributed by atoms with Crippen LogP contribution in [-0.2, 0) is 4.79 Å². The molecule has 0 aliphatic heterocycles. The van der Waals surface area contributed by atoms with E-state index in [9.17, 15) is 4.79 Å². The predicted molar refractivity (Wildman–Crippen MR) is 61.5 cm³/mol. The monoisotopic (exact) mass is 220 g/mol. The molecule has 1 amide bonds. The van der Waals surface area contributed by atoms with Crippen molar-refractivity contribution in [1.29, 1.82) is 5.26 Å². The first kappa shape index (κ1) is 11.4. The van der Waals surface area contributed by atoms with Crippen LogP contribution in [0.1, 0.15) is 51.4 Å². The molecule has 0 bridgehead atoms. The van der Waals surface area contributed by atoms with Crippen molar-refractivity contribution in [3.05, 3.63) is 0 Å². The van der Waals surface area contributed by atoms with E-state index in [2.05, 4.69) is 11.4 Å². The number of amides is 1. The molecule has 0 aromatic carbocycles. The number of nitrogens with one attached hydrogen (secondary N) is 1. The summed E-state index contributed by atoms with van der Waals surface area (Å²) in [5.41, 5.74) is 0. The Hall–Kier alpha value is -1.04. The molecule has 0 saturated heterocycles. The van der Waals surface area contributed by atoms with Crippen molar-refractivity contribution in [3.63, 3.8) is 0 Å². The lowest BCUT2D eigenvalue weighted by molar-refractivity contribution is -0.122. The Balaban J connectivity index is 1.79. The third kappa shape index (κ3) is 3.23. The quantitative estimate of drug-likeness (QED) is 0.790. The van der Waals surface area contributed by atoms with Crippen LogP contribution < -0.4 is 5.32 Å². The Morgan fingerprint density at radius 1 is 1.25 bits per heavy atom. The summed E-state index contributed by atoms with van der Waals surface area (Å²) in [6, 6.07) is 2.02. The Morgan fingerprint density at radius 3 is 2.50 bits per heavy atom. The van der Waals surface area contributed by atoms with Gasteiger partial charge in [-0.15, -0.1) is 0 Å². The van der Waals surface area contributed by atoms with Gasteiger partial charge in [0.15, 0.2) is 0 Å². The molecule has 2 aliphatic rings. The molecule has 2 rings (SSSR count). The average molecular weight is 220 g/mol. The molecule has 0 heterocycles. The van der Waals surface area contributed by atoms with Crippen LogP contribution in [0, 0.1) is 23.2 Å². The minimum atomic E-state index is -0.244. The molecule has 88 valence electrons. The van der Waals surface area contributed by atoms with E-state index in [0.717, 1.165) is 12.8 Å². The van der Waals surface area contributed by atoms with Gasteiger partial charge in [0, 0.05) is 6.42 Å². The van der Waals surface area contributed by atoms with Crippen LogP contribution in [0.15, 0.2) is 0 Å². The van der Waals surface area contributed by atoms with E-state index in [1.54, 1.807) is 0 Å². The lowest BCUT2D eigenvalue weighted by Crippen LogP contribution is -2.40. The Bertz CT molecular complexity index is 285. The van der Waals surface area contributed by atoms with Gasteiger partial charge in [-0.2, -0.15) is 5.26 Å². The van der Waals surface area contributed by atoms with Gasteiger partial charge < -0.3 is 5.32 Å². The van der Waals surface area contributed by atoms with E-state index in [-0.39, 0.29) is 11.9 Å². The maximum Gasteiger partial charge on any atom is 0.221 e. The van der Waals surface area contributed by atoms with Crippen molar-refractivity contribution >= 4 is 5.91 Å². The molecule has 0 radical (unpaired) electrons. The smallest absolute Gasteiger partial charge is 0.221 e. The molecule has 0 spiro atoms. The first-order valence-corrected chi connectivity index (χ1v) is 6.48. The molecule has 0 aromatic heterocycles. The molecular weight excluding hydrogens is 200 g/mol. The van der Waals surface area contributed by atoms with Crippen molar-refractivity contribution in [1.82, 2.24) is 5.32 Å². The number of hydrogen-bond acceptors (Lipinski definition) is 2. The second kappa shape index (κ2) is 5.34. The second-order valence-corrected chi connectivity index (χ2v) is 5.22. The summed E-state index contributed by atoms with van der Waals surface area (Å²) >= 11 is 0. The Morgan fingerprint density at radius 2 is 1.94 bits per heavy atom. The van der Waals surface area contributed by atoms with Crippen LogP contribution in [0.5, 0.6) is 0 Å². The van der Waals surface area contributed by atoms with Gasteiger partial charge in [-0.05, 0) is 37.5 Å². The van der Waals surface area contributed by atoms with Crippen LogP contribution in [0.25, 0.3) is 0 Å². The number of nitriles is 1. The van der Waals surface area contributed by atoms with E-state index >= 15 is 0 Å². The van der Waals surface area contributed by atoms with Crippen LogP contribution >= 0.6 is 0 Å². The van der Waals surface area contributed by atoms with E-state index in [0.29, 0.717) is 18.3 Å². The fourth-order valence-corrected chi connectivity index (χ4v) is 2.54. The second-order valence-electron chi connectivity index (χ2n) is 5.22. The summed E-state index contributed by atoms with van der Waals surface area (Å²) in [5.74, 6) is 1.08. The zero-order chi connectivity index (χ0) is 11.4. The number of carbonyl (C=O) groups excluding carboxylic acids is 1. The topological polar surface area (TPSA) is 52.9 Å². The summed E-state index contributed by atoms with van der Waals surface area (Å²) in [6.07, 6.45) is 8.91. The minimum Gasteiger partial charge on any atom is -0.340 e. The van der Waals surface area contributed by atoms with Crippen molar-refractivity contribution in [2.45, 2.75) is 57.4 Å². The highest BCUT2D eigenvalue weighted by atomic mass is 16.1. The van der Waals surface area contributed by atoms with E-state index in [4.69, 9.17) is 5.26 Å². The molecule has 2 fully saturated rings. The van der Waals surface area contributed by atoms with E-state index in [1.165, 1.54) is 32.1 Å². The van der Waals surface area contributed by atoms with Gasteiger partial charge >= 0.3 is 0 Å². The van der Waals surface area contributed by atoms with Gasteiger partial charge in [-0.25, -0.2) is 0 Å². The molecular formula is C13H20N2O. The van der Waals surface area contributed by atoms with Crippen molar-refractivity contribution in [2.75, 3.05) is 0 Å². The Labute approximate surface area is 97.2 Å². The molecule has 1 N–H and O–H groups in total. The molecule has 0 aromatic rings. The third-order valence-corrected chi connectivity index (χ3v) is 3.75. The number of rotatable bonds is 4. The SMILES string of the molecule is N#CC(NC(=O)CC1CC1)C1CCCCC1. The highest BCUT2D eigenvalue weighted by Crippen LogP contribution is 2.32. The average Bonchev–Trinajstić information content (AvgIpc) is 3.11. The van der Waals surface area contributed by atoms with Gasteiger partial charge in [-0.1, -0.05) is 19.3 Å². The van der Waals surface area contributed by atoms with Crippen LogP contribution in [-0.4, -0.2) is 11.9 Å². The molecule has 2 saturated carbocycles. The number of carbonyl (C=O) groups is 1. The van der Waals surface area contributed by atoms with Crippen molar-refractivity contribution in [2.24, 2.45) is 11.8 Å². The first-order valence-electron chi connectivity index (χ1n) is 6.48. The van der Waals surface area contributed by atoms with Crippen LogP contribution in [0.2, 0.25) is 0 Å². The molecule has 3 heteroatoms. The predicted octanol–water partition coefficient (Wildman–Crippen LogP) is 2.38. The normalized spacial score (nSPS) is 23.4. The van der Waals surface area contributed by atoms with E-state index in [1.807, 2.05) is 0 Å². The summed E-state index contributed by atoms with van der Waals surface area (Å²) in [6.45, 7) is 0. The van der Waals surface area contributed by atoms with E-state index < -0.39 is 0 Å². The molecule has 1 unspecified atom stereocenters. The molecule has 2 aliphatic carbocycles. The lowest BCUT2D eigenvalue weighted by Gasteiger charge is -2.26. The number of hydrogen-bond donors (Lipinski definition) is 1. The van der Waals surface area contributed by atoms with Crippen LogP contribution in [0.4, 0.5) is 0 Å². The zero-order valence-corrected chi connectivity index (χ0v) is 9.74. The maximum atomic E-state index is 11.6.